The minimum atomic E-state index is -0.571. The molecule has 0 fully saturated rings. The van der Waals surface area contributed by atoms with E-state index in [2.05, 4.69) is 10.3 Å². The van der Waals surface area contributed by atoms with Crippen LogP contribution in [0.25, 0.3) is 0 Å². The number of rotatable bonds is 5. The van der Waals surface area contributed by atoms with E-state index in [0.717, 1.165) is 0 Å². The third kappa shape index (κ3) is 3.30. The lowest BCUT2D eigenvalue weighted by Gasteiger charge is -2.09. The highest BCUT2D eigenvalue weighted by molar-refractivity contribution is 5.75. The van der Waals surface area contributed by atoms with Crippen molar-refractivity contribution in [1.82, 2.24) is 19.9 Å². The number of hydrogen-bond donors (Lipinski definition) is 1. The summed E-state index contributed by atoms with van der Waals surface area (Å²) in [6.45, 7) is 2.36. The summed E-state index contributed by atoms with van der Waals surface area (Å²) in [4.78, 5) is 12.9. The lowest BCUT2D eigenvalue weighted by molar-refractivity contribution is -0.128. The number of carbonyl (C=O) groups excluding carboxylic acids is 1. The van der Waals surface area contributed by atoms with E-state index in [9.17, 15) is 9.90 Å². The number of aryl methyl sites for hydroxylation is 1. The van der Waals surface area contributed by atoms with Crippen molar-refractivity contribution in [2.24, 2.45) is 0 Å². The molecule has 0 spiro atoms. The lowest BCUT2D eigenvalue weighted by Crippen LogP contribution is -2.23. The highest BCUT2D eigenvalue weighted by Crippen LogP contribution is 2.11. The van der Waals surface area contributed by atoms with Gasteiger partial charge in [-0.2, -0.15) is 0 Å². The molecule has 0 aliphatic carbocycles. The molecule has 1 aromatic rings. The van der Waals surface area contributed by atoms with Gasteiger partial charge < -0.3 is 10.0 Å². The maximum atomic E-state index is 11.3. The van der Waals surface area contributed by atoms with Gasteiger partial charge in [-0.3, -0.25) is 9.48 Å². The fourth-order valence-electron chi connectivity index (χ4n) is 1.22. The zero-order valence-corrected chi connectivity index (χ0v) is 9.92. The second kappa shape index (κ2) is 5.60. The van der Waals surface area contributed by atoms with Crippen molar-refractivity contribution in [3.05, 3.63) is 11.9 Å². The molecule has 0 aliphatic rings. The third-order valence-corrected chi connectivity index (χ3v) is 2.34. The molecule has 1 atom stereocenters. The second-order valence-electron chi connectivity index (χ2n) is 3.87. The van der Waals surface area contributed by atoms with E-state index < -0.39 is 6.10 Å². The highest BCUT2D eigenvalue weighted by Gasteiger charge is 2.10. The van der Waals surface area contributed by atoms with Crippen LogP contribution in [0, 0.1) is 0 Å². The number of aromatic nitrogens is 3. The summed E-state index contributed by atoms with van der Waals surface area (Å²) in [5, 5.41) is 17.2. The lowest BCUT2D eigenvalue weighted by atomic mass is 10.2. The van der Waals surface area contributed by atoms with E-state index >= 15 is 0 Å². The van der Waals surface area contributed by atoms with Crippen LogP contribution < -0.4 is 0 Å². The van der Waals surface area contributed by atoms with Crippen molar-refractivity contribution < 1.29 is 9.90 Å². The van der Waals surface area contributed by atoms with E-state index in [-0.39, 0.29) is 5.91 Å². The Morgan fingerprint density at radius 1 is 1.62 bits per heavy atom. The van der Waals surface area contributed by atoms with Crippen LogP contribution in [0.4, 0.5) is 0 Å². The summed E-state index contributed by atoms with van der Waals surface area (Å²) >= 11 is 0. The molecule has 0 aliphatic heterocycles. The van der Waals surface area contributed by atoms with Crippen molar-refractivity contribution in [1.29, 1.82) is 0 Å². The molecule has 1 N–H and O–H groups in total. The van der Waals surface area contributed by atoms with Crippen LogP contribution in [0.2, 0.25) is 0 Å². The number of hydrogen-bond acceptors (Lipinski definition) is 4. The van der Waals surface area contributed by atoms with Crippen molar-refractivity contribution >= 4 is 5.91 Å². The van der Waals surface area contributed by atoms with Gasteiger partial charge in [-0.05, 0) is 6.42 Å². The van der Waals surface area contributed by atoms with Crippen LogP contribution in [0.1, 0.15) is 31.6 Å². The topological polar surface area (TPSA) is 71.2 Å². The minimum absolute atomic E-state index is 0.0492. The summed E-state index contributed by atoms with van der Waals surface area (Å²) in [5.74, 6) is 0.0492. The Hall–Kier alpha value is -1.43. The van der Waals surface area contributed by atoms with Crippen LogP contribution in [0.15, 0.2) is 6.20 Å². The van der Waals surface area contributed by atoms with E-state index in [0.29, 0.717) is 25.1 Å². The van der Waals surface area contributed by atoms with Crippen LogP contribution >= 0.6 is 0 Å². The first-order valence-electron chi connectivity index (χ1n) is 5.32. The van der Waals surface area contributed by atoms with Gasteiger partial charge in [0.15, 0.2) is 0 Å². The number of nitrogens with zero attached hydrogens (tertiary/aromatic N) is 4. The average molecular weight is 226 g/mol. The Balaban J connectivity index is 2.49. The molecular formula is C10H18N4O2. The standard InChI is InChI=1S/C10H18N4O2/c1-4-9(15)8-7-14(12-11-8)6-5-10(16)13(2)3/h7,9,15H,4-6H2,1-3H3. The van der Waals surface area contributed by atoms with Crippen LogP contribution in [-0.2, 0) is 11.3 Å². The van der Waals surface area contributed by atoms with Gasteiger partial charge in [-0.15, -0.1) is 5.10 Å². The van der Waals surface area contributed by atoms with E-state index in [1.165, 1.54) is 0 Å². The summed E-state index contributed by atoms with van der Waals surface area (Å²) in [6.07, 6.45) is 2.10. The minimum Gasteiger partial charge on any atom is -0.387 e. The van der Waals surface area contributed by atoms with Gasteiger partial charge in [0.05, 0.1) is 18.8 Å². The van der Waals surface area contributed by atoms with E-state index in [1.54, 1.807) is 29.9 Å². The Bertz CT molecular complexity index is 348. The van der Waals surface area contributed by atoms with Gasteiger partial charge in [0.25, 0.3) is 0 Å². The fraction of sp³-hybridized carbons (Fsp3) is 0.700. The molecule has 90 valence electrons. The monoisotopic (exact) mass is 226 g/mol. The number of aliphatic hydroxyl groups is 1. The van der Waals surface area contributed by atoms with Gasteiger partial charge in [0.1, 0.15) is 5.69 Å². The van der Waals surface area contributed by atoms with Crippen LogP contribution in [-0.4, -0.2) is 45.0 Å². The normalized spacial score (nSPS) is 12.5. The first-order valence-corrected chi connectivity index (χ1v) is 5.32. The second-order valence-corrected chi connectivity index (χ2v) is 3.87. The molecule has 1 aromatic heterocycles. The Labute approximate surface area is 94.9 Å². The summed E-state index contributed by atoms with van der Waals surface area (Å²) in [6, 6.07) is 0. The predicted octanol–water partition coefficient (Wildman–Crippen LogP) is 0.200. The first-order chi connectivity index (χ1) is 7.54. The highest BCUT2D eigenvalue weighted by atomic mass is 16.3. The Kier molecular flexibility index (Phi) is 4.42. The molecule has 0 saturated carbocycles. The molecule has 6 heteroatoms. The molecule has 0 saturated heterocycles. The summed E-state index contributed by atoms with van der Waals surface area (Å²) in [5.41, 5.74) is 0.555. The van der Waals surface area contributed by atoms with Gasteiger partial charge >= 0.3 is 0 Å². The van der Waals surface area contributed by atoms with Gasteiger partial charge in [-0.1, -0.05) is 12.1 Å². The van der Waals surface area contributed by atoms with E-state index in [1.807, 2.05) is 6.92 Å². The third-order valence-electron chi connectivity index (χ3n) is 2.34. The first kappa shape index (κ1) is 12.6. The quantitative estimate of drug-likeness (QED) is 0.778. The maximum absolute atomic E-state index is 11.3. The molecule has 1 unspecified atom stereocenters. The van der Waals surface area contributed by atoms with Gasteiger partial charge in [-0.25, -0.2) is 0 Å². The van der Waals surface area contributed by atoms with Crippen LogP contribution in [0.3, 0.4) is 0 Å². The van der Waals surface area contributed by atoms with Crippen molar-refractivity contribution in [3.63, 3.8) is 0 Å². The zero-order valence-electron chi connectivity index (χ0n) is 9.92. The smallest absolute Gasteiger partial charge is 0.223 e. The Morgan fingerprint density at radius 3 is 2.88 bits per heavy atom. The zero-order chi connectivity index (χ0) is 12.1. The van der Waals surface area contributed by atoms with Crippen LogP contribution in [0.5, 0.6) is 0 Å². The van der Waals surface area contributed by atoms with Gasteiger partial charge in [0.2, 0.25) is 5.91 Å². The van der Waals surface area contributed by atoms with Crippen molar-refractivity contribution in [2.75, 3.05) is 14.1 Å². The molecule has 1 amide bonds. The molecule has 6 nitrogen and oxygen atoms in total. The molecule has 1 rings (SSSR count). The molecular weight excluding hydrogens is 208 g/mol. The summed E-state index contributed by atoms with van der Waals surface area (Å²) < 4.78 is 1.58. The number of amides is 1. The largest absolute Gasteiger partial charge is 0.387 e. The number of carbonyl (C=O) groups is 1. The molecule has 0 bridgehead atoms. The average Bonchev–Trinajstić information content (AvgIpc) is 2.73. The molecule has 0 radical (unpaired) electrons. The molecule has 16 heavy (non-hydrogen) atoms. The van der Waals surface area contributed by atoms with E-state index in [4.69, 9.17) is 0 Å². The number of aliphatic hydroxyl groups excluding tert-OH is 1. The fourth-order valence-corrected chi connectivity index (χ4v) is 1.22. The maximum Gasteiger partial charge on any atom is 0.223 e. The molecule has 0 aromatic carbocycles. The summed E-state index contributed by atoms with van der Waals surface area (Å²) in [7, 11) is 3.44. The SMILES string of the molecule is CCC(O)c1cn(CCC(=O)N(C)C)nn1. The van der Waals surface area contributed by atoms with Crippen molar-refractivity contribution in [2.45, 2.75) is 32.4 Å². The predicted molar refractivity (Wildman–Crippen MR) is 58.6 cm³/mol. The molecule has 1 heterocycles. The Morgan fingerprint density at radius 2 is 2.31 bits per heavy atom. The van der Waals surface area contributed by atoms with Crippen molar-refractivity contribution in [3.8, 4) is 0 Å². The van der Waals surface area contributed by atoms with Gasteiger partial charge in [0, 0.05) is 20.5 Å².